The predicted molar refractivity (Wildman–Crippen MR) is 56.7 cm³/mol. The van der Waals surface area contributed by atoms with Crippen LogP contribution in [-0.4, -0.2) is 12.1 Å². The lowest BCUT2D eigenvalue weighted by atomic mass is 9.68. The van der Waals surface area contributed by atoms with Gasteiger partial charge in [-0.3, -0.25) is 0 Å². The van der Waals surface area contributed by atoms with Gasteiger partial charge in [0.05, 0.1) is 0 Å². The van der Waals surface area contributed by atoms with Crippen LogP contribution in [0.1, 0.15) is 47.0 Å². The maximum atomic E-state index is 3.78. The van der Waals surface area contributed by atoms with Crippen molar-refractivity contribution in [3.05, 3.63) is 0 Å². The Kier molecular flexibility index (Phi) is 2.18. The SMILES string of the molecule is CC1CCC2C(C1)NC(C)C2(C)C. The van der Waals surface area contributed by atoms with E-state index in [1.807, 2.05) is 0 Å². The molecule has 4 atom stereocenters. The van der Waals surface area contributed by atoms with Crippen molar-refractivity contribution in [2.75, 3.05) is 0 Å². The van der Waals surface area contributed by atoms with E-state index >= 15 is 0 Å². The minimum absolute atomic E-state index is 0.519. The minimum atomic E-state index is 0.519. The smallest absolute Gasteiger partial charge is 0.0106 e. The van der Waals surface area contributed by atoms with Gasteiger partial charge in [0.2, 0.25) is 0 Å². The normalized spacial score (nSPS) is 48.9. The van der Waals surface area contributed by atoms with Gasteiger partial charge in [0, 0.05) is 12.1 Å². The van der Waals surface area contributed by atoms with Gasteiger partial charge in [-0.15, -0.1) is 0 Å². The van der Waals surface area contributed by atoms with Crippen molar-refractivity contribution in [3.63, 3.8) is 0 Å². The van der Waals surface area contributed by atoms with E-state index in [0.717, 1.165) is 17.9 Å². The highest BCUT2D eigenvalue weighted by atomic mass is 15.0. The Labute approximate surface area is 82.3 Å². The van der Waals surface area contributed by atoms with Gasteiger partial charge in [0.25, 0.3) is 0 Å². The molecule has 1 saturated heterocycles. The van der Waals surface area contributed by atoms with Crippen molar-refractivity contribution in [1.82, 2.24) is 5.32 Å². The molecule has 1 saturated carbocycles. The number of hydrogen-bond donors (Lipinski definition) is 1. The molecule has 1 heterocycles. The molecule has 0 aromatic heterocycles. The Morgan fingerprint density at radius 1 is 1.15 bits per heavy atom. The van der Waals surface area contributed by atoms with E-state index in [2.05, 4.69) is 33.0 Å². The van der Waals surface area contributed by atoms with Crippen LogP contribution in [0.3, 0.4) is 0 Å². The molecule has 76 valence electrons. The van der Waals surface area contributed by atoms with Crippen molar-refractivity contribution >= 4 is 0 Å². The van der Waals surface area contributed by atoms with Gasteiger partial charge in [-0.1, -0.05) is 27.2 Å². The highest BCUT2D eigenvalue weighted by Crippen LogP contribution is 2.46. The lowest BCUT2D eigenvalue weighted by Gasteiger charge is -2.36. The van der Waals surface area contributed by atoms with Gasteiger partial charge in [-0.2, -0.15) is 0 Å². The molecule has 2 aliphatic rings. The van der Waals surface area contributed by atoms with Crippen LogP contribution in [0, 0.1) is 17.3 Å². The van der Waals surface area contributed by atoms with E-state index in [9.17, 15) is 0 Å². The molecule has 13 heavy (non-hydrogen) atoms. The van der Waals surface area contributed by atoms with E-state index < -0.39 is 0 Å². The highest BCUT2D eigenvalue weighted by molar-refractivity contribution is 5.03. The van der Waals surface area contributed by atoms with Crippen molar-refractivity contribution in [2.24, 2.45) is 17.3 Å². The van der Waals surface area contributed by atoms with E-state index in [1.165, 1.54) is 19.3 Å². The van der Waals surface area contributed by atoms with Crippen LogP contribution in [-0.2, 0) is 0 Å². The first-order chi connectivity index (χ1) is 6.01. The third kappa shape index (κ3) is 1.41. The van der Waals surface area contributed by atoms with E-state index in [-0.39, 0.29) is 0 Å². The van der Waals surface area contributed by atoms with Crippen LogP contribution >= 0.6 is 0 Å². The molecular weight excluding hydrogens is 158 g/mol. The Balaban J connectivity index is 2.14. The third-order valence-electron chi connectivity index (χ3n) is 4.65. The minimum Gasteiger partial charge on any atom is -0.311 e. The fourth-order valence-corrected chi connectivity index (χ4v) is 3.31. The maximum absolute atomic E-state index is 3.78. The number of rotatable bonds is 0. The third-order valence-corrected chi connectivity index (χ3v) is 4.65. The summed E-state index contributed by atoms with van der Waals surface area (Å²) in [6, 6.07) is 1.52. The molecule has 1 nitrogen and oxygen atoms in total. The first-order valence-corrected chi connectivity index (χ1v) is 5.78. The molecule has 0 aromatic rings. The van der Waals surface area contributed by atoms with Crippen LogP contribution in [0.25, 0.3) is 0 Å². The fraction of sp³-hybridized carbons (Fsp3) is 1.00. The van der Waals surface area contributed by atoms with Crippen LogP contribution in [0.4, 0.5) is 0 Å². The predicted octanol–water partition coefficient (Wildman–Crippen LogP) is 2.81. The Morgan fingerprint density at radius 3 is 2.54 bits per heavy atom. The van der Waals surface area contributed by atoms with Crippen LogP contribution in [0.5, 0.6) is 0 Å². The van der Waals surface area contributed by atoms with Crippen molar-refractivity contribution in [2.45, 2.75) is 59.0 Å². The van der Waals surface area contributed by atoms with E-state index in [1.54, 1.807) is 0 Å². The molecule has 1 heteroatoms. The highest BCUT2D eigenvalue weighted by Gasteiger charge is 2.47. The average Bonchev–Trinajstić information content (AvgIpc) is 2.23. The largest absolute Gasteiger partial charge is 0.311 e. The summed E-state index contributed by atoms with van der Waals surface area (Å²) in [4.78, 5) is 0. The molecule has 0 aromatic carbocycles. The molecule has 0 amide bonds. The zero-order valence-electron chi connectivity index (χ0n) is 9.43. The van der Waals surface area contributed by atoms with E-state index in [0.29, 0.717) is 11.5 Å². The summed E-state index contributed by atoms with van der Waals surface area (Å²) in [6.45, 7) is 9.62. The summed E-state index contributed by atoms with van der Waals surface area (Å²) in [6.07, 6.45) is 4.29. The zero-order chi connectivity index (χ0) is 9.64. The zero-order valence-corrected chi connectivity index (χ0v) is 9.43. The van der Waals surface area contributed by atoms with Crippen LogP contribution in [0.15, 0.2) is 0 Å². The van der Waals surface area contributed by atoms with Gasteiger partial charge < -0.3 is 5.32 Å². The second-order valence-electron chi connectivity index (χ2n) is 5.84. The van der Waals surface area contributed by atoms with Crippen molar-refractivity contribution < 1.29 is 0 Å². The topological polar surface area (TPSA) is 12.0 Å². The summed E-state index contributed by atoms with van der Waals surface area (Å²) in [5, 5.41) is 3.78. The van der Waals surface area contributed by atoms with E-state index in [4.69, 9.17) is 0 Å². The lowest BCUT2D eigenvalue weighted by Crippen LogP contribution is -2.34. The fourth-order valence-electron chi connectivity index (χ4n) is 3.31. The number of nitrogens with one attached hydrogen (secondary N) is 1. The molecule has 1 aliphatic carbocycles. The summed E-state index contributed by atoms with van der Waals surface area (Å²) >= 11 is 0. The average molecular weight is 181 g/mol. The van der Waals surface area contributed by atoms with Gasteiger partial charge in [0.15, 0.2) is 0 Å². The summed E-state index contributed by atoms with van der Waals surface area (Å²) in [7, 11) is 0. The Hall–Kier alpha value is -0.0400. The first kappa shape index (κ1) is 9.51. The van der Waals surface area contributed by atoms with Crippen LogP contribution < -0.4 is 5.32 Å². The maximum Gasteiger partial charge on any atom is 0.0106 e. The molecular formula is C12H23N. The molecule has 0 radical (unpaired) electrons. The number of fused-ring (bicyclic) bond motifs is 1. The van der Waals surface area contributed by atoms with Crippen molar-refractivity contribution in [3.8, 4) is 0 Å². The summed E-state index contributed by atoms with van der Waals surface area (Å²) in [5.74, 6) is 1.87. The molecule has 4 unspecified atom stereocenters. The molecule has 0 spiro atoms. The lowest BCUT2D eigenvalue weighted by molar-refractivity contribution is 0.163. The summed E-state index contributed by atoms with van der Waals surface area (Å²) in [5.41, 5.74) is 0.519. The molecule has 1 N–H and O–H groups in total. The Morgan fingerprint density at radius 2 is 1.85 bits per heavy atom. The second-order valence-corrected chi connectivity index (χ2v) is 5.84. The van der Waals surface area contributed by atoms with Gasteiger partial charge in [-0.05, 0) is 37.0 Å². The number of hydrogen-bond acceptors (Lipinski definition) is 1. The van der Waals surface area contributed by atoms with Gasteiger partial charge in [0.1, 0.15) is 0 Å². The monoisotopic (exact) mass is 181 g/mol. The molecule has 2 fully saturated rings. The Bertz CT molecular complexity index is 197. The summed E-state index contributed by atoms with van der Waals surface area (Å²) < 4.78 is 0. The van der Waals surface area contributed by atoms with Crippen LogP contribution in [0.2, 0.25) is 0 Å². The van der Waals surface area contributed by atoms with Crippen molar-refractivity contribution in [1.29, 1.82) is 0 Å². The van der Waals surface area contributed by atoms with Gasteiger partial charge >= 0.3 is 0 Å². The first-order valence-electron chi connectivity index (χ1n) is 5.78. The standard InChI is InChI=1S/C12H23N/c1-8-5-6-10-11(7-8)13-9(2)12(10,3)4/h8-11,13H,5-7H2,1-4H3. The molecule has 0 bridgehead atoms. The molecule has 2 rings (SSSR count). The van der Waals surface area contributed by atoms with Gasteiger partial charge in [-0.25, -0.2) is 0 Å². The second kappa shape index (κ2) is 2.98. The molecule has 1 aliphatic heterocycles. The quantitative estimate of drug-likeness (QED) is 0.606.